The molecule has 3 fully saturated rings. The molecular weight excluding hydrogens is 621 g/mol. The Hall–Kier alpha value is -4.09. The number of phenols is 1. The van der Waals surface area contributed by atoms with Gasteiger partial charge in [0.25, 0.3) is 0 Å². The Labute approximate surface area is 276 Å². The Morgan fingerprint density at radius 3 is 2.69 bits per heavy atom. The first-order chi connectivity index (χ1) is 23.0. The molecule has 3 aliphatic rings. The van der Waals surface area contributed by atoms with Gasteiger partial charge in [-0.25, -0.2) is 13.2 Å². The minimum atomic E-state index is -0.995. The molecule has 2 N–H and O–H groups in total. The number of anilines is 1. The fourth-order valence-corrected chi connectivity index (χ4v) is 8.56. The molecule has 3 atom stereocenters. The van der Waals surface area contributed by atoms with Crippen molar-refractivity contribution in [3.05, 3.63) is 53.3 Å². The van der Waals surface area contributed by atoms with E-state index in [4.69, 9.17) is 14.1 Å². The van der Waals surface area contributed by atoms with E-state index in [0.717, 1.165) is 19.4 Å². The highest BCUT2D eigenvalue weighted by atomic mass is 19.1. The molecule has 8 rings (SSSR count). The Morgan fingerprint density at radius 1 is 1.08 bits per heavy atom. The number of phenolic OH excluding ortho intramolecular Hbond substituents is 1. The summed E-state index contributed by atoms with van der Waals surface area (Å²) in [5, 5.41) is 23.9. The first kappa shape index (κ1) is 31.2. The largest absolute Gasteiger partial charge is 0.508 e. The molecule has 5 aromatic rings. The number of halogens is 3. The second kappa shape index (κ2) is 11.2. The molecule has 0 amide bonds. The van der Waals surface area contributed by atoms with Gasteiger partial charge in [0, 0.05) is 37.0 Å². The Bertz CT molecular complexity index is 2100. The summed E-state index contributed by atoms with van der Waals surface area (Å²) in [6.07, 6.45) is 2.79. The van der Waals surface area contributed by atoms with E-state index >= 15 is 8.78 Å². The summed E-state index contributed by atoms with van der Waals surface area (Å²) in [6.45, 7) is 7.52. The summed E-state index contributed by atoms with van der Waals surface area (Å²) >= 11 is 0. The molecule has 3 aromatic carbocycles. The molecular formula is C37H39F3N4O4. The number of piperidine rings is 1. The zero-order chi connectivity index (χ0) is 33.5. The van der Waals surface area contributed by atoms with Crippen molar-refractivity contribution < 1.29 is 32.5 Å². The molecule has 11 heteroatoms. The number of alkyl halides is 1. The molecule has 0 spiro atoms. The van der Waals surface area contributed by atoms with Crippen LogP contribution in [0.25, 0.3) is 43.8 Å². The van der Waals surface area contributed by atoms with Crippen molar-refractivity contribution in [2.75, 3.05) is 37.7 Å². The maximum atomic E-state index is 17.5. The number of aromatic nitrogens is 2. The lowest BCUT2D eigenvalue weighted by molar-refractivity contribution is 0.0447. The van der Waals surface area contributed by atoms with Gasteiger partial charge in [0.1, 0.15) is 47.0 Å². The first-order valence-electron chi connectivity index (χ1n) is 16.8. The lowest BCUT2D eigenvalue weighted by Gasteiger charge is -2.38. The number of aliphatic hydroxyl groups is 1. The minimum Gasteiger partial charge on any atom is -0.508 e. The number of β-amino-alcohol motifs (C(OH)–C–C–N with tert-alkyl or cyclic N) is 1. The average Bonchev–Trinajstić information content (AvgIpc) is 3.70. The molecule has 0 saturated carbocycles. The summed E-state index contributed by atoms with van der Waals surface area (Å²) in [6, 6.07) is 7.65. The first-order valence-corrected chi connectivity index (χ1v) is 16.8. The number of aryl methyl sites for hydroxylation is 2. The van der Waals surface area contributed by atoms with E-state index in [1.807, 2.05) is 11.8 Å². The van der Waals surface area contributed by atoms with Gasteiger partial charge in [0.2, 0.25) is 0 Å². The van der Waals surface area contributed by atoms with Gasteiger partial charge in [-0.15, -0.1) is 0 Å². The maximum Gasteiger partial charge on any atom is 0.319 e. The van der Waals surface area contributed by atoms with Crippen molar-refractivity contribution in [1.82, 2.24) is 14.9 Å². The molecule has 2 aromatic heterocycles. The molecule has 252 valence electrons. The van der Waals surface area contributed by atoms with Gasteiger partial charge in [-0.05, 0) is 93.1 Å². The van der Waals surface area contributed by atoms with Crippen molar-refractivity contribution >= 4 is 38.5 Å². The van der Waals surface area contributed by atoms with Crippen LogP contribution in [0.4, 0.5) is 19.0 Å². The van der Waals surface area contributed by atoms with Gasteiger partial charge < -0.3 is 24.3 Å². The number of nitrogens with zero attached hydrogens (tertiary/aromatic N) is 4. The lowest BCUT2D eigenvalue weighted by Crippen LogP contribution is -2.46. The zero-order valence-electron chi connectivity index (χ0n) is 27.4. The molecule has 3 aliphatic heterocycles. The van der Waals surface area contributed by atoms with Crippen LogP contribution in [0.2, 0.25) is 0 Å². The fraction of sp³-hybridized carbons (Fsp3) is 0.459. The Morgan fingerprint density at radius 2 is 1.90 bits per heavy atom. The highest BCUT2D eigenvalue weighted by Crippen LogP contribution is 2.47. The van der Waals surface area contributed by atoms with Crippen LogP contribution in [0, 0.1) is 18.6 Å². The van der Waals surface area contributed by atoms with E-state index in [2.05, 4.69) is 9.88 Å². The number of ether oxygens (including phenoxy) is 1. The van der Waals surface area contributed by atoms with Crippen molar-refractivity contribution in [3.63, 3.8) is 0 Å². The number of fused-ring (bicyclic) bond motifs is 5. The third-order valence-corrected chi connectivity index (χ3v) is 10.6. The number of rotatable bonds is 6. The summed E-state index contributed by atoms with van der Waals surface area (Å²) in [5.41, 5.74) is -0.546. The normalized spacial score (nSPS) is 24.7. The lowest BCUT2D eigenvalue weighted by atomic mass is 9.90. The van der Waals surface area contributed by atoms with Crippen LogP contribution in [-0.2, 0) is 6.42 Å². The molecule has 8 nitrogen and oxygen atoms in total. The van der Waals surface area contributed by atoms with Crippen molar-refractivity contribution in [2.45, 2.75) is 76.6 Å². The van der Waals surface area contributed by atoms with Gasteiger partial charge in [-0.2, -0.15) is 9.97 Å². The van der Waals surface area contributed by atoms with Crippen molar-refractivity contribution in [1.29, 1.82) is 0 Å². The van der Waals surface area contributed by atoms with Gasteiger partial charge in [0.05, 0.1) is 22.1 Å². The molecule has 0 bridgehead atoms. The standard InChI is InChI=1S/C37H39F3N4O4/c1-4-24-27(39)8-7-21-14-23(45)15-25(28(21)24)29-31(40)32-30(26-13-20(2)48-33(26)29)34(43-11-5-9-36(3,46)18-43)42-35(41-32)47-19-37-10-6-12-44(37)17-22(38)16-37/h7-8,13-15,22,45-46H,4-6,9-12,16-19H2,1-3H3/t22-,36-,37+/m1/s1. The molecule has 48 heavy (non-hydrogen) atoms. The van der Waals surface area contributed by atoms with Gasteiger partial charge >= 0.3 is 6.01 Å². The van der Waals surface area contributed by atoms with Crippen molar-refractivity contribution in [2.24, 2.45) is 0 Å². The summed E-state index contributed by atoms with van der Waals surface area (Å²) in [5.74, 6) is -0.335. The van der Waals surface area contributed by atoms with E-state index in [9.17, 15) is 14.6 Å². The van der Waals surface area contributed by atoms with E-state index in [1.54, 1.807) is 26.0 Å². The zero-order valence-corrected chi connectivity index (χ0v) is 27.4. The van der Waals surface area contributed by atoms with E-state index in [0.29, 0.717) is 77.5 Å². The topological polar surface area (TPSA) is 95.1 Å². The van der Waals surface area contributed by atoms with Gasteiger partial charge in [-0.1, -0.05) is 13.0 Å². The molecule has 5 heterocycles. The van der Waals surface area contributed by atoms with Crippen LogP contribution in [-0.4, -0.2) is 75.2 Å². The van der Waals surface area contributed by atoms with E-state index in [1.165, 1.54) is 18.2 Å². The Kier molecular flexibility index (Phi) is 7.30. The van der Waals surface area contributed by atoms with Crippen LogP contribution in [0.5, 0.6) is 11.8 Å². The average molecular weight is 661 g/mol. The van der Waals surface area contributed by atoms with Crippen LogP contribution in [0.15, 0.2) is 34.7 Å². The van der Waals surface area contributed by atoms with Crippen LogP contribution < -0.4 is 9.64 Å². The third-order valence-electron chi connectivity index (χ3n) is 10.6. The smallest absolute Gasteiger partial charge is 0.319 e. The predicted octanol–water partition coefficient (Wildman–Crippen LogP) is 7.36. The summed E-state index contributed by atoms with van der Waals surface area (Å²) < 4.78 is 59.8. The van der Waals surface area contributed by atoms with Crippen LogP contribution >= 0.6 is 0 Å². The second-order valence-corrected chi connectivity index (χ2v) is 14.2. The monoisotopic (exact) mass is 660 g/mol. The third kappa shape index (κ3) is 4.96. The predicted molar refractivity (Wildman–Crippen MR) is 179 cm³/mol. The molecule has 0 aliphatic carbocycles. The van der Waals surface area contributed by atoms with Gasteiger partial charge in [0.15, 0.2) is 5.82 Å². The Balaban J connectivity index is 1.39. The number of furan rings is 1. The maximum absolute atomic E-state index is 17.5. The highest BCUT2D eigenvalue weighted by Gasteiger charge is 2.49. The van der Waals surface area contributed by atoms with E-state index in [-0.39, 0.29) is 47.1 Å². The van der Waals surface area contributed by atoms with Crippen LogP contribution in [0.3, 0.4) is 0 Å². The number of hydrogen-bond donors (Lipinski definition) is 2. The van der Waals surface area contributed by atoms with Crippen LogP contribution in [0.1, 0.15) is 57.3 Å². The minimum absolute atomic E-state index is 0.0231. The molecule has 0 unspecified atom stereocenters. The molecule has 0 radical (unpaired) electrons. The SMILES string of the molecule is CCc1c(F)ccc2cc(O)cc(-c3c(F)c4nc(OC[C@@]56CCCN5C[C@H](F)C6)nc(N5CCC[C@@](C)(O)C5)c4c4cc(C)oc34)c12. The quantitative estimate of drug-likeness (QED) is 0.195. The fourth-order valence-electron chi connectivity index (χ4n) is 8.56. The number of hydrogen-bond acceptors (Lipinski definition) is 8. The van der Waals surface area contributed by atoms with Crippen molar-refractivity contribution in [3.8, 4) is 22.9 Å². The highest BCUT2D eigenvalue weighted by molar-refractivity contribution is 6.18. The molecule has 3 saturated heterocycles. The second-order valence-electron chi connectivity index (χ2n) is 14.2. The number of aromatic hydroxyl groups is 1. The van der Waals surface area contributed by atoms with E-state index < -0.39 is 28.9 Å². The summed E-state index contributed by atoms with van der Waals surface area (Å²) in [7, 11) is 0. The summed E-state index contributed by atoms with van der Waals surface area (Å²) in [4.78, 5) is 13.6. The van der Waals surface area contributed by atoms with Gasteiger partial charge in [-0.3, -0.25) is 4.90 Å². The number of benzene rings is 3.